The minimum absolute atomic E-state index is 0.0397. The first kappa shape index (κ1) is 16.8. The Morgan fingerprint density at radius 3 is 2.52 bits per heavy atom. The number of amides is 2. The number of nitrogens with zero attached hydrogens (tertiary/aromatic N) is 1. The minimum Gasteiger partial charge on any atom is -0.506 e. The van der Waals surface area contributed by atoms with Crippen LogP contribution in [0.2, 0.25) is 0 Å². The topological polar surface area (TPSA) is 102 Å². The zero-order chi connectivity index (χ0) is 15.8. The molecule has 2 amide bonds. The van der Waals surface area contributed by atoms with E-state index in [9.17, 15) is 14.7 Å². The summed E-state index contributed by atoms with van der Waals surface area (Å²) in [7, 11) is 3.98. The predicted molar refractivity (Wildman–Crippen MR) is 79.9 cm³/mol. The average Bonchev–Trinajstić information content (AvgIpc) is 2.40. The van der Waals surface area contributed by atoms with Crippen LogP contribution in [-0.2, 0) is 0 Å². The van der Waals surface area contributed by atoms with Gasteiger partial charge in [-0.2, -0.15) is 0 Å². The molecule has 0 aliphatic carbocycles. The van der Waals surface area contributed by atoms with Gasteiger partial charge < -0.3 is 25.7 Å². The van der Waals surface area contributed by atoms with Gasteiger partial charge in [0.05, 0.1) is 11.3 Å². The fourth-order valence-corrected chi connectivity index (χ4v) is 1.69. The molecule has 0 atom stereocenters. The molecule has 0 unspecified atom stereocenters. The maximum Gasteiger partial charge on any atom is 0.335 e. The van der Waals surface area contributed by atoms with E-state index < -0.39 is 12.0 Å². The number of phenolic OH excluding ortho intramolecular Hbond substituents is 1. The Bertz CT molecular complexity index is 503. The number of nitrogens with one attached hydrogen (secondary N) is 2. The lowest BCUT2D eigenvalue weighted by Gasteiger charge is -2.11. The van der Waals surface area contributed by atoms with E-state index in [4.69, 9.17) is 5.11 Å². The molecule has 0 saturated heterocycles. The third-order valence-corrected chi connectivity index (χ3v) is 2.81. The smallest absolute Gasteiger partial charge is 0.335 e. The number of unbranched alkanes of at least 4 members (excludes halogenated alkanes) is 1. The Labute approximate surface area is 123 Å². The van der Waals surface area contributed by atoms with Gasteiger partial charge in [-0.25, -0.2) is 9.59 Å². The van der Waals surface area contributed by atoms with Crippen LogP contribution in [0, 0.1) is 0 Å². The number of carbonyl (C=O) groups excluding carboxylic acids is 1. The molecule has 0 aliphatic rings. The third kappa shape index (κ3) is 6.13. The third-order valence-electron chi connectivity index (χ3n) is 2.81. The Morgan fingerprint density at radius 1 is 1.24 bits per heavy atom. The number of carboxylic acids is 1. The summed E-state index contributed by atoms with van der Waals surface area (Å²) in [6, 6.07) is 3.33. The molecule has 1 rings (SSSR count). The van der Waals surface area contributed by atoms with Gasteiger partial charge in [-0.05, 0) is 51.7 Å². The Morgan fingerprint density at radius 2 is 1.95 bits per heavy atom. The molecule has 0 radical (unpaired) electrons. The highest BCUT2D eigenvalue weighted by Crippen LogP contribution is 2.24. The van der Waals surface area contributed by atoms with Crippen LogP contribution >= 0.6 is 0 Å². The second-order valence-corrected chi connectivity index (χ2v) is 4.93. The summed E-state index contributed by atoms with van der Waals surface area (Å²) in [5.41, 5.74) is 0.132. The summed E-state index contributed by atoms with van der Waals surface area (Å²) in [6.45, 7) is 1.49. The highest BCUT2D eigenvalue weighted by atomic mass is 16.4. The van der Waals surface area contributed by atoms with Gasteiger partial charge in [0, 0.05) is 6.54 Å². The van der Waals surface area contributed by atoms with Gasteiger partial charge in [0.25, 0.3) is 0 Å². The second-order valence-electron chi connectivity index (χ2n) is 4.93. The van der Waals surface area contributed by atoms with Crippen molar-refractivity contribution in [1.82, 2.24) is 10.2 Å². The molecule has 7 heteroatoms. The first-order valence-corrected chi connectivity index (χ1v) is 6.66. The fourth-order valence-electron chi connectivity index (χ4n) is 1.69. The molecule has 4 N–H and O–H groups in total. The fraction of sp³-hybridized carbons (Fsp3) is 0.429. The van der Waals surface area contributed by atoms with E-state index in [0.29, 0.717) is 6.54 Å². The normalized spacial score (nSPS) is 10.4. The summed E-state index contributed by atoms with van der Waals surface area (Å²) >= 11 is 0. The Kier molecular flexibility index (Phi) is 6.48. The number of urea groups is 1. The first-order chi connectivity index (χ1) is 9.90. The van der Waals surface area contributed by atoms with Crippen molar-refractivity contribution in [3.8, 4) is 5.75 Å². The molecule has 116 valence electrons. The van der Waals surface area contributed by atoms with Crippen LogP contribution in [0.5, 0.6) is 5.75 Å². The number of hydrogen-bond donors (Lipinski definition) is 4. The number of carboxylic acid groups (broad SMARTS) is 1. The standard InChI is InChI=1S/C14H21N3O4/c1-17(2)8-4-3-7-15-14(21)16-11-6-5-10(13(19)20)9-12(11)18/h5-6,9,18H,3-4,7-8H2,1-2H3,(H,19,20)(H2,15,16,21). The monoisotopic (exact) mass is 295 g/mol. The molecular formula is C14H21N3O4. The van der Waals surface area contributed by atoms with Gasteiger partial charge in [-0.3, -0.25) is 0 Å². The number of aromatic hydroxyl groups is 1. The summed E-state index contributed by atoms with van der Waals surface area (Å²) in [6.07, 6.45) is 1.83. The van der Waals surface area contributed by atoms with E-state index in [0.717, 1.165) is 25.5 Å². The molecule has 21 heavy (non-hydrogen) atoms. The van der Waals surface area contributed by atoms with E-state index >= 15 is 0 Å². The van der Waals surface area contributed by atoms with Gasteiger partial charge in [0.15, 0.2) is 0 Å². The molecular weight excluding hydrogens is 274 g/mol. The van der Waals surface area contributed by atoms with Crippen molar-refractivity contribution in [3.05, 3.63) is 23.8 Å². The maximum absolute atomic E-state index is 11.6. The number of carbonyl (C=O) groups is 2. The van der Waals surface area contributed by atoms with E-state index in [1.54, 1.807) is 0 Å². The van der Waals surface area contributed by atoms with Crippen molar-refractivity contribution in [2.24, 2.45) is 0 Å². The summed E-state index contributed by atoms with van der Waals surface area (Å²) in [5.74, 6) is -1.42. The van der Waals surface area contributed by atoms with Crippen LogP contribution in [0.3, 0.4) is 0 Å². The van der Waals surface area contributed by atoms with Crippen LogP contribution in [0.1, 0.15) is 23.2 Å². The van der Waals surface area contributed by atoms with Crippen molar-refractivity contribution in [3.63, 3.8) is 0 Å². The molecule has 1 aromatic carbocycles. The van der Waals surface area contributed by atoms with E-state index in [2.05, 4.69) is 15.5 Å². The molecule has 0 fully saturated rings. The van der Waals surface area contributed by atoms with E-state index in [-0.39, 0.29) is 17.0 Å². The van der Waals surface area contributed by atoms with Crippen LogP contribution < -0.4 is 10.6 Å². The number of rotatable bonds is 7. The number of phenols is 1. The molecule has 1 aromatic rings. The lowest BCUT2D eigenvalue weighted by Crippen LogP contribution is -2.30. The number of aromatic carboxylic acids is 1. The molecule has 0 bridgehead atoms. The molecule has 0 aromatic heterocycles. The number of benzene rings is 1. The van der Waals surface area contributed by atoms with Crippen LogP contribution in [0.25, 0.3) is 0 Å². The number of anilines is 1. The van der Waals surface area contributed by atoms with E-state index in [1.807, 2.05) is 14.1 Å². The molecule has 0 aliphatic heterocycles. The largest absolute Gasteiger partial charge is 0.506 e. The van der Waals surface area contributed by atoms with Gasteiger partial charge in [0.2, 0.25) is 0 Å². The quantitative estimate of drug-likeness (QED) is 0.451. The zero-order valence-corrected chi connectivity index (χ0v) is 12.2. The SMILES string of the molecule is CN(C)CCCCNC(=O)Nc1ccc(C(=O)O)cc1O. The second kappa shape index (κ2) is 8.11. The Balaban J connectivity index is 2.39. The minimum atomic E-state index is -1.14. The molecule has 0 spiro atoms. The maximum atomic E-state index is 11.6. The van der Waals surface area contributed by atoms with Gasteiger partial charge >= 0.3 is 12.0 Å². The molecule has 0 heterocycles. The van der Waals surface area contributed by atoms with Crippen molar-refractivity contribution in [2.75, 3.05) is 32.5 Å². The molecule has 0 saturated carbocycles. The van der Waals surface area contributed by atoms with Crippen molar-refractivity contribution >= 4 is 17.7 Å². The van der Waals surface area contributed by atoms with Gasteiger partial charge in [0.1, 0.15) is 5.75 Å². The van der Waals surface area contributed by atoms with Gasteiger partial charge in [-0.15, -0.1) is 0 Å². The predicted octanol–water partition coefficient (Wildman–Crippen LogP) is 1.55. The van der Waals surface area contributed by atoms with Crippen molar-refractivity contribution in [1.29, 1.82) is 0 Å². The average molecular weight is 295 g/mol. The van der Waals surface area contributed by atoms with Crippen LogP contribution in [0.4, 0.5) is 10.5 Å². The van der Waals surface area contributed by atoms with Gasteiger partial charge in [-0.1, -0.05) is 0 Å². The lowest BCUT2D eigenvalue weighted by atomic mass is 10.2. The van der Waals surface area contributed by atoms with E-state index in [1.165, 1.54) is 12.1 Å². The summed E-state index contributed by atoms with van der Waals surface area (Å²) in [4.78, 5) is 24.4. The van der Waals surface area contributed by atoms with Crippen molar-refractivity contribution < 1.29 is 19.8 Å². The Hall–Kier alpha value is -2.28. The highest BCUT2D eigenvalue weighted by Gasteiger charge is 2.09. The lowest BCUT2D eigenvalue weighted by molar-refractivity contribution is 0.0696. The first-order valence-electron chi connectivity index (χ1n) is 6.66. The van der Waals surface area contributed by atoms with Crippen LogP contribution in [-0.4, -0.2) is 54.3 Å². The highest BCUT2D eigenvalue weighted by molar-refractivity contribution is 5.93. The molecule has 7 nitrogen and oxygen atoms in total. The van der Waals surface area contributed by atoms with Crippen molar-refractivity contribution in [2.45, 2.75) is 12.8 Å². The summed E-state index contributed by atoms with van der Waals surface area (Å²) in [5, 5.41) is 23.6. The number of hydrogen-bond acceptors (Lipinski definition) is 4. The zero-order valence-electron chi connectivity index (χ0n) is 12.2. The van der Waals surface area contributed by atoms with Crippen LogP contribution in [0.15, 0.2) is 18.2 Å². The summed E-state index contributed by atoms with van der Waals surface area (Å²) < 4.78 is 0.